The van der Waals surface area contributed by atoms with Gasteiger partial charge in [-0.15, -0.1) is 0 Å². The first-order chi connectivity index (χ1) is 18.1. The van der Waals surface area contributed by atoms with Crippen LogP contribution in [0, 0.1) is 0 Å². The lowest BCUT2D eigenvalue weighted by Crippen LogP contribution is -2.22. The Hall–Kier alpha value is -3.76. The number of aromatic nitrogens is 4. The van der Waals surface area contributed by atoms with E-state index >= 15 is 0 Å². The first-order valence-corrected chi connectivity index (χ1v) is 16.0. The molecule has 38 heavy (non-hydrogen) atoms. The highest BCUT2D eigenvalue weighted by Gasteiger charge is 2.25. The normalized spacial score (nSPS) is 11.8. The first-order valence-electron chi connectivity index (χ1n) is 12.3. The number of hydrogen-bond donors (Lipinski definition) is 1. The van der Waals surface area contributed by atoms with E-state index in [0.717, 1.165) is 17.1 Å². The van der Waals surface area contributed by atoms with E-state index in [2.05, 4.69) is 46.5 Å². The smallest absolute Gasteiger partial charge is 0.280 e. The number of alkyl halides is 2. The summed E-state index contributed by atoms with van der Waals surface area (Å²) < 4.78 is 35.4. The van der Waals surface area contributed by atoms with Gasteiger partial charge in [0.2, 0.25) is 5.91 Å². The molecule has 4 aromatic rings. The molecule has 0 aliphatic carbocycles. The van der Waals surface area contributed by atoms with Crippen molar-refractivity contribution in [3.63, 3.8) is 0 Å². The van der Waals surface area contributed by atoms with Crippen molar-refractivity contribution in [1.29, 1.82) is 0 Å². The fraction of sp³-hybridized carbons (Fsp3) is 0.286. The summed E-state index contributed by atoms with van der Waals surface area (Å²) in [5, 5.41) is 2.71. The molecule has 7 nitrogen and oxygen atoms in total. The molecule has 4 aromatic heterocycles. The minimum absolute atomic E-state index is 0.204. The van der Waals surface area contributed by atoms with Crippen LogP contribution >= 0.6 is 0 Å². The van der Waals surface area contributed by atoms with Crippen molar-refractivity contribution in [2.75, 3.05) is 11.9 Å². The Bertz CT molecular complexity index is 1480. The SMILES string of the molecule is C=Cc1ccnc2c(-c3cccc(C(F)F)n3)c(-c3ccnc(NC(C)=O)c3)n(COCC[Si](C)(C)C)c12. The molecule has 4 rings (SSSR count). The average Bonchev–Trinajstić information content (AvgIpc) is 3.20. The van der Waals surface area contributed by atoms with Crippen LogP contribution in [0.15, 0.2) is 55.4 Å². The van der Waals surface area contributed by atoms with Crippen LogP contribution in [-0.2, 0) is 16.3 Å². The lowest BCUT2D eigenvalue weighted by atomic mass is 10.0. The molecule has 0 spiro atoms. The van der Waals surface area contributed by atoms with Crippen molar-refractivity contribution in [2.24, 2.45) is 0 Å². The summed E-state index contributed by atoms with van der Waals surface area (Å²) in [6.07, 6.45) is 2.26. The maximum Gasteiger partial charge on any atom is 0.280 e. The maximum absolute atomic E-state index is 13.6. The molecule has 1 N–H and O–H groups in total. The summed E-state index contributed by atoms with van der Waals surface area (Å²) >= 11 is 0. The second-order valence-corrected chi connectivity index (χ2v) is 15.8. The number of amides is 1. The molecule has 4 heterocycles. The summed E-state index contributed by atoms with van der Waals surface area (Å²) in [7, 11) is -1.32. The Morgan fingerprint density at radius 2 is 1.95 bits per heavy atom. The zero-order valence-electron chi connectivity index (χ0n) is 22.0. The minimum atomic E-state index is -2.72. The third kappa shape index (κ3) is 6.03. The van der Waals surface area contributed by atoms with Crippen LogP contribution in [-0.4, -0.2) is 40.1 Å². The maximum atomic E-state index is 13.6. The van der Waals surface area contributed by atoms with E-state index in [4.69, 9.17) is 4.74 Å². The standard InChI is InChI=1S/C28H31F2N5O2Si/c1-6-19-10-13-32-25-24(21-8-7-9-22(34-21)28(29)30)26(20-11-12-31-23(16-20)33-18(2)36)35(27(19)25)17-37-14-15-38(3,4)5/h6-13,16,28H,1,14-15,17H2,2-5H3,(H,31,33,36). The van der Waals surface area contributed by atoms with Gasteiger partial charge in [-0.05, 0) is 36.4 Å². The Balaban J connectivity index is 2.00. The van der Waals surface area contributed by atoms with Gasteiger partial charge in [-0.3, -0.25) is 9.78 Å². The Labute approximate surface area is 221 Å². The molecule has 0 fully saturated rings. The number of hydrogen-bond acceptors (Lipinski definition) is 5. The number of halogens is 2. The number of pyridine rings is 3. The zero-order valence-corrected chi connectivity index (χ0v) is 23.0. The lowest BCUT2D eigenvalue weighted by molar-refractivity contribution is -0.114. The van der Waals surface area contributed by atoms with E-state index < -0.39 is 14.5 Å². The fourth-order valence-corrected chi connectivity index (χ4v) is 4.96. The van der Waals surface area contributed by atoms with Crippen molar-refractivity contribution in [2.45, 2.75) is 45.8 Å². The highest BCUT2D eigenvalue weighted by Crippen LogP contribution is 2.41. The highest BCUT2D eigenvalue weighted by atomic mass is 28.3. The third-order valence-electron chi connectivity index (χ3n) is 5.99. The monoisotopic (exact) mass is 535 g/mol. The quantitative estimate of drug-likeness (QED) is 0.174. The van der Waals surface area contributed by atoms with Crippen LogP contribution in [0.4, 0.5) is 14.6 Å². The summed E-state index contributed by atoms with van der Waals surface area (Å²) in [5.74, 6) is 0.107. The number of rotatable bonds is 10. The van der Waals surface area contributed by atoms with Gasteiger partial charge >= 0.3 is 0 Å². The van der Waals surface area contributed by atoms with Crippen LogP contribution in [0.5, 0.6) is 0 Å². The summed E-state index contributed by atoms with van der Waals surface area (Å²) in [4.78, 5) is 24.9. The minimum Gasteiger partial charge on any atom is -0.361 e. The average molecular weight is 536 g/mol. The topological polar surface area (TPSA) is 81.9 Å². The second-order valence-electron chi connectivity index (χ2n) is 10.2. The number of fused-ring (bicyclic) bond motifs is 1. The van der Waals surface area contributed by atoms with E-state index in [1.165, 1.54) is 13.0 Å². The molecule has 0 aliphatic heterocycles. The predicted octanol–water partition coefficient (Wildman–Crippen LogP) is 7.01. The zero-order chi connectivity index (χ0) is 27.4. The van der Waals surface area contributed by atoms with E-state index in [1.54, 1.807) is 42.7 Å². The van der Waals surface area contributed by atoms with Crippen LogP contribution in [0.1, 0.15) is 24.6 Å². The van der Waals surface area contributed by atoms with Crippen molar-refractivity contribution < 1.29 is 18.3 Å². The molecular formula is C28H31F2N5O2Si. The van der Waals surface area contributed by atoms with Gasteiger partial charge < -0.3 is 14.6 Å². The molecule has 0 aromatic carbocycles. The van der Waals surface area contributed by atoms with Crippen LogP contribution in [0.25, 0.3) is 39.6 Å². The van der Waals surface area contributed by atoms with Gasteiger partial charge in [0.05, 0.1) is 28.0 Å². The number of anilines is 1. The molecular weight excluding hydrogens is 504 g/mol. The fourth-order valence-electron chi connectivity index (χ4n) is 4.20. The number of ether oxygens (including phenoxy) is 1. The van der Waals surface area contributed by atoms with Crippen molar-refractivity contribution in [3.05, 3.63) is 66.6 Å². The van der Waals surface area contributed by atoms with Crippen LogP contribution in [0.2, 0.25) is 25.7 Å². The van der Waals surface area contributed by atoms with Crippen molar-refractivity contribution in [1.82, 2.24) is 19.5 Å². The number of carbonyl (C=O) groups excluding carboxylic acids is 1. The van der Waals surface area contributed by atoms with Gasteiger partial charge in [0, 0.05) is 45.1 Å². The van der Waals surface area contributed by atoms with Gasteiger partial charge in [0.1, 0.15) is 18.2 Å². The predicted molar refractivity (Wildman–Crippen MR) is 150 cm³/mol. The number of nitrogens with zero attached hydrogens (tertiary/aromatic N) is 4. The first kappa shape index (κ1) is 27.3. The van der Waals surface area contributed by atoms with Crippen LogP contribution in [0.3, 0.4) is 0 Å². The molecule has 1 amide bonds. The lowest BCUT2D eigenvalue weighted by Gasteiger charge is -2.18. The van der Waals surface area contributed by atoms with E-state index in [9.17, 15) is 13.6 Å². The summed E-state index contributed by atoms with van der Waals surface area (Å²) in [6.45, 7) is 13.0. The van der Waals surface area contributed by atoms with Crippen molar-refractivity contribution >= 4 is 36.9 Å². The van der Waals surface area contributed by atoms with Gasteiger partial charge in [-0.25, -0.2) is 18.7 Å². The van der Waals surface area contributed by atoms with Gasteiger partial charge in [-0.2, -0.15) is 0 Å². The molecule has 0 aliphatic rings. The van der Waals surface area contributed by atoms with Crippen molar-refractivity contribution in [3.8, 4) is 22.5 Å². The molecule has 0 unspecified atom stereocenters. The highest BCUT2D eigenvalue weighted by molar-refractivity contribution is 6.76. The Morgan fingerprint density at radius 1 is 1.18 bits per heavy atom. The summed E-state index contributed by atoms with van der Waals surface area (Å²) in [6, 6.07) is 10.9. The molecule has 198 valence electrons. The van der Waals surface area contributed by atoms with E-state index in [-0.39, 0.29) is 18.3 Å². The summed E-state index contributed by atoms with van der Waals surface area (Å²) in [5.41, 5.74) is 4.14. The molecule has 0 saturated heterocycles. The molecule has 0 radical (unpaired) electrons. The molecule has 0 atom stereocenters. The molecule has 0 saturated carbocycles. The third-order valence-corrected chi connectivity index (χ3v) is 7.70. The molecule has 0 bridgehead atoms. The molecule has 10 heteroatoms. The van der Waals surface area contributed by atoms with E-state index in [0.29, 0.717) is 40.5 Å². The number of carbonyl (C=O) groups is 1. The largest absolute Gasteiger partial charge is 0.361 e. The number of nitrogens with one attached hydrogen (secondary N) is 1. The Kier molecular flexibility index (Phi) is 8.13. The van der Waals surface area contributed by atoms with Gasteiger partial charge in [0.15, 0.2) is 0 Å². The van der Waals surface area contributed by atoms with Gasteiger partial charge in [0.25, 0.3) is 6.43 Å². The van der Waals surface area contributed by atoms with Gasteiger partial charge in [-0.1, -0.05) is 38.4 Å². The second kappa shape index (κ2) is 11.3. The van der Waals surface area contributed by atoms with E-state index in [1.807, 2.05) is 10.6 Å². The Morgan fingerprint density at radius 3 is 2.63 bits per heavy atom. The van der Waals surface area contributed by atoms with Crippen LogP contribution < -0.4 is 5.32 Å².